The molecule has 0 saturated heterocycles. The zero-order valence-electron chi connectivity index (χ0n) is 6.13. The summed E-state index contributed by atoms with van der Waals surface area (Å²) in [5, 5.41) is 1.35. The van der Waals surface area contributed by atoms with Crippen molar-refractivity contribution in [3.63, 3.8) is 0 Å². The predicted molar refractivity (Wildman–Crippen MR) is 45.1 cm³/mol. The van der Waals surface area contributed by atoms with Crippen LogP contribution in [0.4, 0.5) is 0 Å². The van der Waals surface area contributed by atoms with Crippen molar-refractivity contribution < 1.29 is 4.43 Å². The van der Waals surface area contributed by atoms with Crippen LogP contribution >= 0.6 is 0 Å². The van der Waals surface area contributed by atoms with Crippen LogP contribution in [0.5, 0.6) is 0 Å². The van der Waals surface area contributed by atoms with Gasteiger partial charge in [-0.1, -0.05) is 24.3 Å². The van der Waals surface area contributed by atoms with Gasteiger partial charge in [-0.3, -0.25) is 0 Å². The first-order valence-electron chi connectivity index (χ1n) is 3.46. The summed E-state index contributed by atoms with van der Waals surface area (Å²) in [5.74, 6) is 0. The number of rotatable bonds is 3. The molecule has 53 valence electrons. The zero-order valence-corrected chi connectivity index (χ0v) is 7.55. The van der Waals surface area contributed by atoms with Crippen molar-refractivity contribution in [3.05, 3.63) is 30.3 Å². The van der Waals surface area contributed by atoms with Crippen LogP contribution in [-0.2, 0) is 4.43 Å². The van der Waals surface area contributed by atoms with Crippen molar-refractivity contribution in [2.75, 3.05) is 6.61 Å². The minimum Gasteiger partial charge on any atom is -0.419 e. The molecule has 0 amide bonds. The van der Waals surface area contributed by atoms with Gasteiger partial charge in [0.05, 0.1) is 0 Å². The normalized spacial score (nSPS) is 10.9. The van der Waals surface area contributed by atoms with Crippen molar-refractivity contribution in [2.45, 2.75) is 6.92 Å². The molecule has 0 aliphatic rings. The van der Waals surface area contributed by atoms with Crippen molar-refractivity contribution >= 4 is 14.9 Å². The molecule has 10 heavy (non-hydrogen) atoms. The lowest BCUT2D eigenvalue weighted by molar-refractivity contribution is 0.367. The van der Waals surface area contributed by atoms with Crippen LogP contribution in [0.15, 0.2) is 24.3 Å². The molecule has 0 N–H and O–H groups in total. The van der Waals surface area contributed by atoms with Gasteiger partial charge < -0.3 is 4.43 Å². The summed E-state index contributed by atoms with van der Waals surface area (Å²) in [5.41, 5.74) is 0. The lowest BCUT2D eigenvalue weighted by Crippen LogP contribution is -2.16. The van der Waals surface area contributed by atoms with E-state index in [-0.39, 0.29) is 0 Å². The number of hydrogen-bond donors (Lipinski definition) is 0. The summed E-state index contributed by atoms with van der Waals surface area (Å²) in [6.07, 6.45) is 0. The lowest BCUT2D eigenvalue weighted by atomic mass is 10.4. The van der Waals surface area contributed by atoms with Gasteiger partial charge in [-0.25, -0.2) is 0 Å². The van der Waals surface area contributed by atoms with Crippen LogP contribution in [0.25, 0.3) is 0 Å². The minimum atomic E-state index is -0.431. The Morgan fingerprint density at radius 2 is 2.20 bits per heavy atom. The standard InChI is InChI=1S/C8H11OSi/c1-2-9-10-8-6-4-3-5-7-8/h4-7H,2,10H2,1H3. The van der Waals surface area contributed by atoms with Gasteiger partial charge in [0.2, 0.25) is 0 Å². The van der Waals surface area contributed by atoms with Crippen LogP contribution in [0, 0.1) is 6.07 Å². The molecule has 0 unspecified atom stereocenters. The number of hydrogen-bond acceptors (Lipinski definition) is 1. The fraction of sp³-hybridized carbons (Fsp3) is 0.250. The van der Waals surface area contributed by atoms with Gasteiger partial charge in [-0.2, -0.15) is 0 Å². The molecule has 0 saturated carbocycles. The van der Waals surface area contributed by atoms with Gasteiger partial charge in [-0.05, 0) is 18.2 Å². The molecule has 0 aliphatic heterocycles. The van der Waals surface area contributed by atoms with Crippen molar-refractivity contribution in [1.82, 2.24) is 0 Å². The van der Waals surface area contributed by atoms with E-state index in [0.717, 1.165) is 6.61 Å². The molecular weight excluding hydrogens is 140 g/mol. The van der Waals surface area contributed by atoms with Gasteiger partial charge in [0, 0.05) is 6.61 Å². The van der Waals surface area contributed by atoms with E-state index in [0.29, 0.717) is 0 Å². The third-order valence-corrected chi connectivity index (χ3v) is 2.68. The first-order valence-corrected chi connectivity index (χ1v) is 4.74. The largest absolute Gasteiger partial charge is 0.419 e. The maximum absolute atomic E-state index is 5.34. The smallest absolute Gasteiger partial charge is 0.192 e. The highest BCUT2D eigenvalue weighted by Gasteiger charge is 1.88. The second-order valence-electron chi connectivity index (χ2n) is 2.05. The summed E-state index contributed by atoms with van der Waals surface area (Å²) >= 11 is 0. The van der Waals surface area contributed by atoms with Crippen molar-refractivity contribution in [1.29, 1.82) is 0 Å². The van der Waals surface area contributed by atoms with Crippen LogP contribution in [0.1, 0.15) is 6.92 Å². The van der Waals surface area contributed by atoms with Crippen molar-refractivity contribution in [2.24, 2.45) is 0 Å². The Hall–Kier alpha value is -0.603. The van der Waals surface area contributed by atoms with Crippen LogP contribution in [0.3, 0.4) is 0 Å². The monoisotopic (exact) mass is 151 g/mol. The Bertz CT molecular complexity index is 174. The highest BCUT2D eigenvalue weighted by molar-refractivity contribution is 6.46. The first-order chi connectivity index (χ1) is 4.93. The van der Waals surface area contributed by atoms with Gasteiger partial charge in [-0.15, -0.1) is 0 Å². The summed E-state index contributed by atoms with van der Waals surface area (Å²) in [4.78, 5) is 0. The third kappa shape index (κ3) is 2.33. The zero-order chi connectivity index (χ0) is 7.23. The summed E-state index contributed by atoms with van der Waals surface area (Å²) in [6, 6.07) is 11.0. The maximum atomic E-state index is 5.34. The Balaban J connectivity index is 2.43. The molecule has 0 aromatic heterocycles. The van der Waals surface area contributed by atoms with E-state index in [4.69, 9.17) is 4.43 Å². The average Bonchev–Trinajstić information content (AvgIpc) is 2.03. The van der Waals surface area contributed by atoms with Gasteiger partial charge in [0.15, 0.2) is 9.76 Å². The van der Waals surface area contributed by atoms with Crippen molar-refractivity contribution in [3.8, 4) is 0 Å². The Kier molecular flexibility index (Phi) is 3.19. The summed E-state index contributed by atoms with van der Waals surface area (Å²) < 4.78 is 5.34. The van der Waals surface area contributed by atoms with Gasteiger partial charge >= 0.3 is 0 Å². The van der Waals surface area contributed by atoms with E-state index in [9.17, 15) is 0 Å². The third-order valence-electron chi connectivity index (χ3n) is 1.26. The average molecular weight is 151 g/mol. The second-order valence-corrected chi connectivity index (χ2v) is 3.56. The summed E-state index contributed by atoms with van der Waals surface area (Å²) in [7, 11) is -0.431. The van der Waals surface area contributed by atoms with Gasteiger partial charge in [0.1, 0.15) is 0 Å². The lowest BCUT2D eigenvalue weighted by Gasteiger charge is -1.97. The predicted octanol–water partition coefficient (Wildman–Crippen LogP) is 0.232. The van der Waals surface area contributed by atoms with Crippen LogP contribution < -0.4 is 5.19 Å². The van der Waals surface area contributed by atoms with E-state index in [1.54, 1.807) is 0 Å². The molecule has 0 heterocycles. The molecule has 1 nitrogen and oxygen atoms in total. The second kappa shape index (κ2) is 4.25. The molecule has 0 fully saturated rings. The Labute approximate surface area is 64.0 Å². The van der Waals surface area contributed by atoms with E-state index in [2.05, 4.69) is 18.2 Å². The molecular formula is C8H11OSi. The fourth-order valence-corrected chi connectivity index (χ4v) is 1.61. The number of benzene rings is 1. The van der Waals surface area contributed by atoms with Gasteiger partial charge in [0.25, 0.3) is 0 Å². The van der Waals surface area contributed by atoms with Crippen LogP contribution in [0.2, 0.25) is 0 Å². The molecule has 1 aromatic rings. The topological polar surface area (TPSA) is 9.23 Å². The first kappa shape index (κ1) is 7.50. The Morgan fingerprint density at radius 3 is 2.80 bits per heavy atom. The molecule has 2 heteroatoms. The van der Waals surface area contributed by atoms with Crippen LogP contribution in [-0.4, -0.2) is 16.4 Å². The van der Waals surface area contributed by atoms with E-state index < -0.39 is 9.76 Å². The molecule has 0 aliphatic carbocycles. The quantitative estimate of drug-likeness (QED) is 0.562. The Morgan fingerprint density at radius 1 is 1.50 bits per heavy atom. The molecule has 0 atom stereocenters. The molecule has 0 spiro atoms. The fourth-order valence-electron chi connectivity index (χ4n) is 0.738. The van der Waals surface area contributed by atoms with E-state index in [1.165, 1.54) is 5.19 Å². The SMILES string of the molecule is CCO[SiH2]c1cc[c]cc1. The minimum absolute atomic E-state index is 0.431. The van der Waals surface area contributed by atoms with E-state index in [1.807, 2.05) is 19.1 Å². The molecule has 1 aromatic carbocycles. The molecule has 1 radical (unpaired) electrons. The highest BCUT2D eigenvalue weighted by Crippen LogP contribution is 1.80. The molecule has 1 rings (SSSR count). The van der Waals surface area contributed by atoms with E-state index >= 15 is 0 Å². The molecule has 0 bridgehead atoms. The highest BCUT2D eigenvalue weighted by atomic mass is 28.2. The maximum Gasteiger partial charge on any atom is 0.192 e. The summed E-state index contributed by atoms with van der Waals surface area (Å²) in [6.45, 7) is 2.87.